The number of hydrogen-bond donors (Lipinski definition) is 6. The van der Waals surface area contributed by atoms with E-state index in [1.807, 2.05) is 6.07 Å². The molecule has 1 aliphatic heterocycles. The molecule has 174 valence electrons. The molecule has 0 aromatic heterocycles. The van der Waals surface area contributed by atoms with E-state index in [1.54, 1.807) is 24.3 Å². The Hall–Kier alpha value is -3.47. The van der Waals surface area contributed by atoms with Crippen molar-refractivity contribution in [2.45, 2.75) is 56.8 Å². The van der Waals surface area contributed by atoms with Gasteiger partial charge in [0, 0.05) is 6.42 Å². The van der Waals surface area contributed by atoms with E-state index in [9.17, 15) is 24.0 Å². The number of hydrogen-bond acceptors (Lipinski definition) is 6. The summed E-state index contributed by atoms with van der Waals surface area (Å²) in [6.07, 6.45) is 0.898. The van der Waals surface area contributed by atoms with Crippen LogP contribution in [0, 0.1) is 0 Å². The average molecular weight is 448 g/mol. The first-order valence-electron chi connectivity index (χ1n) is 10.3. The van der Waals surface area contributed by atoms with Gasteiger partial charge in [-0.15, -0.1) is 0 Å². The SMILES string of the molecule is CC(NC(=O)C(Cc1ccccc1)NC(=O)C1CCCN1)C(=O)NC(CC(=O)O)C(=O)O. The van der Waals surface area contributed by atoms with Crippen LogP contribution in [0.5, 0.6) is 0 Å². The lowest BCUT2D eigenvalue weighted by Gasteiger charge is -2.23. The van der Waals surface area contributed by atoms with Crippen molar-refractivity contribution in [3.63, 3.8) is 0 Å². The van der Waals surface area contributed by atoms with E-state index in [0.717, 1.165) is 12.0 Å². The first-order chi connectivity index (χ1) is 15.2. The normalized spacial score (nSPS) is 18.1. The number of carbonyl (C=O) groups excluding carboxylic acids is 3. The Morgan fingerprint density at radius 3 is 2.25 bits per heavy atom. The van der Waals surface area contributed by atoms with Crippen LogP contribution in [0.4, 0.5) is 0 Å². The van der Waals surface area contributed by atoms with Gasteiger partial charge in [-0.1, -0.05) is 30.3 Å². The molecule has 1 aromatic carbocycles. The fourth-order valence-corrected chi connectivity index (χ4v) is 3.29. The summed E-state index contributed by atoms with van der Waals surface area (Å²) in [5.41, 5.74) is 0.803. The number of carbonyl (C=O) groups is 5. The monoisotopic (exact) mass is 448 g/mol. The van der Waals surface area contributed by atoms with Crippen LogP contribution < -0.4 is 21.3 Å². The number of rotatable bonds is 11. The molecule has 3 amide bonds. The Balaban J connectivity index is 2.04. The van der Waals surface area contributed by atoms with E-state index in [1.165, 1.54) is 6.92 Å². The van der Waals surface area contributed by atoms with Crippen LogP contribution >= 0.6 is 0 Å². The summed E-state index contributed by atoms with van der Waals surface area (Å²) < 4.78 is 0. The third-order valence-electron chi connectivity index (χ3n) is 5.04. The second-order valence-electron chi connectivity index (χ2n) is 7.63. The van der Waals surface area contributed by atoms with E-state index < -0.39 is 54.3 Å². The van der Waals surface area contributed by atoms with Gasteiger partial charge in [0.1, 0.15) is 18.1 Å². The average Bonchev–Trinajstić information content (AvgIpc) is 3.28. The summed E-state index contributed by atoms with van der Waals surface area (Å²) >= 11 is 0. The van der Waals surface area contributed by atoms with Crippen LogP contribution in [0.25, 0.3) is 0 Å². The minimum Gasteiger partial charge on any atom is -0.481 e. The summed E-state index contributed by atoms with van der Waals surface area (Å²) in [4.78, 5) is 59.7. The quantitative estimate of drug-likeness (QED) is 0.250. The fraction of sp³-hybridized carbons (Fsp3) is 0.476. The second kappa shape index (κ2) is 11.8. The molecule has 4 atom stereocenters. The van der Waals surface area contributed by atoms with Crippen molar-refractivity contribution in [2.24, 2.45) is 0 Å². The number of amides is 3. The molecule has 11 heteroatoms. The molecular formula is C21H28N4O7. The van der Waals surface area contributed by atoms with Gasteiger partial charge in [0.2, 0.25) is 17.7 Å². The van der Waals surface area contributed by atoms with E-state index in [4.69, 9.17) is 10.2 Å². The van der Waals surface area contributed by atoms with Crippen molar-refractivity contribution < 1.29 is 34.2 Å². The van der Waals surface area contributed by atoms with Crippen LogP contribution in [-0.2, 0) is 30.4 Å². The Morgan fingerprint density at radius 2 is 1.69 bits per heavy atom. The zero-order chi connectivity index (χ0) is 23.7. The molecule has 1 aliphatic rings. The maximum atomic E-state index is 12.9. The van der Waals surface area contributed by atoms with Gasteiger partial charge in [0.05, 0.1) is 12.5 Å². The maximum absolute atomic E-state index is 12.9. The smallest absolute Gasteiger partial charge is 0.326 e. The van der Waals surface area contributed by atoms with Crippen molar-refractivity contribution in [1.82, 2.24) is 21.3 Å². The molecule has 6 N–H and O–H groups in total. The van der Waals surface area contributed by atoms with E-state index in [0.29, 0.717) is 13.0 Å². The molecule has 11 nitrogen and oxygen atoms in total. The zero-order valence-corrected chi connectivity index (χ0v) is 17.7. The molecule has 32 heavy (non-hydrogen) atoms. The van der Waals surface area contributed by atoms with Crippen molar-refractivity contribution in [3.8, 4) is 0 Å². The lowest BCUT2D eigenvalue weighted by atomic mass is 10.0. The molecular weight excluding hydrogens is 420 g/mol. The third kappa shape index (κ3) is 7.65. The third-order valence-corrected chi connectivity index (χ3v) is 5.04. The number of carboxylic acid groups (broad SMARTS) is 2. The molecule has 1 saturated heterocycles. The molecule has 1 heterocycles. The second-order valence-corrected chi connectivity index (χ2v) is 7.63. The summed E-state index contributed by atoms with van der Waals surface area (Å²) in [5, 5.41) is 28.2. The number of nitrogens with one attached hydrogen (secondary N) is 4. The lowest BCUT2D eigenvalue weighted by molar-refractivity contribution is -0.147. The highest BCUT2D eigenvalue weighted by Gasteiger charge is 2.30. The lowest BCUT2D eigenvalue weighted by Crippen LogP contribution is -2.57. The van der Waals surface area contributed by atoms with Gasteiger partial charge in [0.25, 0.3) is 0 Å². The minimum atomic E-state index is -1.63. The first kappa shape index (κ1) is 24.8. The van der Waals surface area contributed by atoms with E-state index in [-0.39, 0.29) is 12.3 Å². The van der Waals surface area contributed by atoms with Crippen LogP contribution in [0.3, 0.4) is 0 Å². The highest BCUT2D eigenvalue weighted by atomic mass is 16.4. The van der Waals surface area contributed by atoms with Gasteiger partial charge in [-0.2, -0.15) is 0 Å². The summed E-state index contributed by atoms with van der Waals surface area (Å²) in [7, 11) is 0. The summed E-state index contributed by atoms with van der Waals surface area (Å²) in [5.74, 6) is -4.68. The van der Waals surface area contributed by atoms with Crippen molar-refractivity contribution in [1.29, 1.82) is 0 Å². The van der Waals surface area contributed by atoms with E-state index >= 15 is 0 Å². The van der Waals surface area contributed by atoms with Crippen LogP contribution in [0.15, 0.2) is 30.3 Å². The molecule has 0 saturated carbocycles. The molecule has 0 spiro atoms. The first-order valence-corrected chi connectivity index (χ1v) is 10.3. The zero-order valence-electron chi connectivity index (χ0n) is 17.7. The number of aliphatic carboxylic acids is 2. The predicted molar refractivity (Wildman–Crippen MR) is 113 cm³/mol. The predicted octanol–water partition coefficient (Wildman–Crippen LogP) is -0.985. The molecule has 0 aliphatic carbocycles. The van der Waals surface area contributed by atoms with Gasteiger partial charge in [-0.25, -0.2) is 4.79 Å². The number of benzene rings is 1. The standard InChI is InChI=1S/C21H28N4O7/c1-12(18(28)25-16(21(31)32)11-17(26)27)23-20(30)15(10-13-6-3-2-4-7-13)24-19(29)14-8-5-9-22-14/h2-4,6-7,12,14-16,22H,5,8-11H2,1H3,(H,23,30)(H,24,29)(H,25,28)(H,26,27)(H,31,32). The largest absolute Gasteiger partial charge is 0.481 e. The highest BCUT2D eigenvalue weighted by Crippen LogP contribution is 2.08. The van der Waals surface area contributed by atoms with Gasteiger partial charge >= 0.3 is 11.9 Å². The Labute approximate surface area is 184 Å². The van der Waals surface area contributed by atoms with Crippen molar-refractivity contribution >= 4 is 29.7 Å². The van der Waals surface area contributed by atoms with Gasteiger partial charge < -0.3 is 31.5 Å². The van der Waals surface area contributed by atoms with Crippen LogP contribution in [-0.4, -0.2) is 70.6 Å². The van der Waals surface area contributed by atoms with Crippen molar-refractivity contribution in [2.75, 3.05) is 6.54 Å². The van der Waals surface area contributed by atoms with Gasteiger partial charge in [0.15, 0.2) is 0 Å². The Kier molecular flexibility index (Phi) is 9.14. The van der Waals surface area contributed by atoms with Gasteiger partial charge in [-0.05, 0) is 31.9 Å². The highest BCUT2D eigenvalue weighted by molar-refractivity contribution is 5.94. The topological polar surface area (TPSA) is 174 Å². The fourth-order valence-electron chi connectivity index (χ4n) is 3.29. The molecule has 1 fully saturated rings. The van der Waals surface area contributed by atoms with Gasteiger partial charge in [-0.3, -0.25) is 19.2 Å². The molecule has 4 unspecified atom stereocenters. The maximum Gasteiger partial charge on any atom is 0.326 e. The summed E-state index contributed by atoms with van der Waals surface area (Å²) in [6.45, 7) is 2.05. The molecule has 2 rings (SSSR count). The van der Waals surface area contributed by atoms with Crippen LogP contribution in [0.2, 0.25) is 0 Å². The van der Waals surface area contributed by atoms with Crippen molar-refractivity contribution in [3.05, 3.63) is 35.9 Å². The Bertz CT molecular complexity index is 840. The van der Waals surface area contributed by atoms with Crippen LogP contribution in [0.1, 0.15) is 31.7 Å². The Morgan fingerprint density at radius 1 is 1.00 bits per heavy atom. The molecule has 1 aromatic rings. The van der Waals surface area contributed by atoms with E-state index in [2.05, 4.69) is 21.3 Å². The minimum absolute atomic E-state index is 0.191. The molecule has 0 bridgehead atoms. The summed E-state index contributed by atoms with van der Waals surface area (Å²) in [6, 6.07) is 4.89. The molecule has 0 radical (unpaired) electrons. The number of carboxylic acids is 2.